The first-order chi connectivity index (χ1) is 17.2. The maximum absolute atomic E-state index is 13.4. The molecule has 2 aliphatic rings. The van der Waals surface area contributed by atoms with Crippen LogP contribution in [-0.2, 0) is 23.1 Å². The summed E-state index contributed by atoms with van der Waals surface area (Å²) in [5.41, 5.74) is 1.76. The largest absolute Gasteiger partial charge is 0.493 e. The number of aryl methyl sites for hydroxylation is 2. The van der Waals surface area contributed by atoms with Crippen LogP contribution in [0.15, 0.2) is 30.5 Å². The molecule has 1 atom stereocenters. The van der Waals surface area contributed by atoms with Crippen LogP contribution in [0.25, 0.3) is 0 Å². The lowest BCUT2D eigenvalue weighted by molar-refractivity contribution is -0.142. The van der Waals surface area contributed by atoms with E-state index in [4.69, 9.17) is 16.3 Å². The molecule has 2 saturated heterocycles. The molecule has 1 aromatic carbocycles. The third kappa shape index (κ3) is 6.59. The number of likely N-dealkylation sites (N-methyl/N-ethyl adjacent to an activating group) is 1. The van der Waals surface area contributed by atoms with Gasteiger partial charge in [0.15, 0.2) is 0 Å². The van der Waals surface area contributed by atoms with Gasteiger partial charge in [-0.1, -0.05) is 17.7 Å². The van der Waals surface area contributed by atoms with Gasteiger partial charge in [-0.05, 0) is 57.0 Å². The molecule has 0 unspecified atom stereocenters. The number of carbonyl (C=O) groups is 2. The van der Waals surface area contributed by atoms with Crippen LogP contribution < -0.4 is 4.74 Å². The van der Waals surface area contributed by atoms with Crippen LogP contribution in [0.5, 0.6) is 5.75 Å². The number of piperazine rings is 1. The quantitative estimate of drug-likeness (QED) is 0.540. The van der Waals surface area contributed by atoms with Gasteiger partial charge in [-0.2, -0.15) is 5.10 Å². The van der Waals surface area contributed by atoms with Crippen LogP contribution in [0.2, 0.25) is 5.02 Å². The highest BCUT2D eigenvalue weighted by Crippen LogP contribution is 2.36. The second-order valence-corrected chi connectivity index (χ2v) is 10.8. The van der Waals surface area contributed by atoms with Crippen molar-refractivity contribution >= 4 is 23.4 Å². The van der Waals surface area contributed by atoms with E-state index in [1.165, 1.54) is 0 Å². The van der Waals surface area contributed by atoms with Crippen molar-refractivity contribution in [2.75, 3.05) is 52.9 Å². The number of hydrogen-bond acceptors (Lipinski definition) is 5. The Hall–Kier alpha value is -2.58. The molecule has 0 spiro atoms. The fourth-order valence-corrected chi connectivity index (χ4v) is 5.39. The van der Waals surface area contributed by atoms with Crippen molar-refractivity contribution in [1.29, 1.82) is 0 Å². The van der Waals surface area contributed by atoms with Gasteiger partial charge in [0.25, 0.3) is 0 Å². The number of ether oxygens (including phenoxy) is 1. The molecule has 196 valence electrons. The molecular weight excluding hydrogens is 478 g/mol. The van der Waals surface area contributed by atoms with Gasteiger partial charge in [0.05, 0.1) is 12.8 Å². The molecular formula is C27H38ClN5O3. The molecule has 3 heterocycles. The van der Waals surface area contributed by atoms with Crippen molar-refractivity contribution in [3.63, 3.8) is 0 Å². The summed E-state index contributed by atoms with van der Waals surface area (Å²) in [6.07, 6.45) is 5.02. The van der Waals surface area contributed by atoms with E-state index < -0.39 is 5.41 Å². The molecule has 0 aliphatic carbocycles. The first-order valence-electron chi connectivity index (χ1n) is 12.8. The number of hydrogen-bond donors (Lipinski definition) is 0. The summed E-state index contributed by atoms with van der Waals surface area (Å²) in [5, 5.41) is 4.90. The van der Waals surface area contributed by atoms with E-state index in [0.29, 0.717) is 49.7 Å². The Morgan fingerprint density at radius 3 is 2.56 bits per heavy atom. The molecule has 2 aliphatic heterocycles. The van der Waals surface area contributed by atoms with Crippen molar-refractivity contribution in [3.8, 4) is 5.75 Å². The molecule has 2 aromatic rings. The minimum atomic E-state index is -0.430. The molecule has 0 N–H and O–H groups in total. The van der Waals surface area contributed by atoms with Crippen LogP contribution in [0.3, 0.4) is 0 Å². The van der Waals surface area contributed by atoms with Crippen molar-refractivity contribution in [1.82, 2.24) is 24.5 Å². The minimum absolute atomic E-state index is 0.122. The fraction of sp³-hybridized carbons (Fsp3) is 0.593. The number of amides is 2. The number of rotatable bonds is 8. The van der Waals surface area contributed by atoms with Gasteiger partial charge in [-0.15, -0.1) is 0 Å². The molecule has 0 bridgehead atoms. The first kappa shape index (κ1) is 26.5. The summed E-state index contributed by atoms with van der Waals surface area (Å²) in [7, 11) is 4.00. The monoisotopic (exact) mass is 515 g/mol. The Morgan fingerprint density at radius 1 is 1.08 bits per heavy atom. The van der Waals surface area contributed by atoms with E-state index in [1.54, 1.807) is 6.07 Å². The Labute approximate surface area is 219 Å². The highest BCUT2D eigenvalue weighted by molar-refractivity contribution is 6.30. The highest BCUT2D eigenvalue weighted by atomic mass is 35.5. The Morgan fingerprint density at radius 2 is 1.86 bits per heavy atom. The second kappa shape index (κ2) is 11.6. The lowest BCUT2D eigenvalue weighted by atomic mass is 9.77. The first-order valence-corrected chi connectivity index (χ1v) is 13.2. The smallest absolute Gasteiger partial charge is 0.223 e. The zero-order valence-corrected chi connectivity index (χ0v) is 22.5. The standard InChI is InChI=1S/C27H38ClN5O3/c1-21-22(18-29-31(21)3)8-9-25(34)33-11-5-10-27(19-33,20-36-24-7-4-6-23(28)16-24)17-26(35)32-14-12-30(2)13-15-32/h4,6-7,16,18H,5,8-15,17,19-20H2,1-3H3/t27-/m1/s1. The lowest BCUT2D eigenvalue weighted by Gasteiger charge is -2.43. The molecule has 2 fully saturated rings. The third-order valence-electron chi connectivity index (χ3n) is 7.68. The van der Waals surface area contributed by atoms with Gasteiger partial charge in [-0.3, -0.25) is 14.3 Å². The molecule has 8 nitrogen and oxygen atoms in total. The third-order valence-corrected chi connectivity index (χ3v) is 7.92. The summed E-state index contributed by atoms with van der Waals surface area (Å²) in [5.74, 6) is 0.958. The number of nitrogens with zero attached hydrogens (tertiary/aromatic N) is 5. The molecule has 1 aromatic heterocycles. The molecule has 4 rings (SSSR count). The minimum Gasteiger partial charge on any atom is -0.493 e. The highest BCUT2D eigenvalue weighted by Gasteiger charge is 2.41. The number of likely N-dealkylation sites (tertiary alicyclic amines) is 1. The average Bonchev–Trinajstić information content (AvgIpc) is 3.19. The molecule has 0 radical (unpaired) electrons. The van der Waals surface area contributed by atoms with Gasteiger partial charge in [0.2, 0.25) is 11.8 Å². The summed E-state index contributed by atoms with van der Waals surface area (Å²) in [6, 6.07) is 7.34. The lowest BCUT2D eigenvalue weighted by Crippen LogP contribution is -2.53. The Bertz CT molecular complexity index is 1070. The van der Waals surface area contributed by atoms with Crippen LogP contribution in [0.1, 0.15) is 36.9 Å². The topological polar surface area (TPSA) is 70.9 Å². The number of benzene rings is 1. The average molecular weight is 516 g/mol. The number of halogens is 1. The van der Waals surface area contributed by atoms with E-state index in [9.17, 15) is 9.59 Å². The molecule has 2 amide bonds. The zero-order chi connectivity index (χ0) is 25.7. The van der Waals surface area contributed by atoms with Crippen molar-refractivity contribution in [3.05, 3.63) is 46.7 Å². The van der Waals surface area contributed by atoms with Gasteiger partial charge in [0, 0.05) is 75.3 Å². The summed E-state index contributed by atoms with van der Waals surface area (Å²) in [6.45, 7) is 6.89. The maximum atomic E-state index is 13.4. The number of carbonyl (C=O) groups excluding carboxylic acids is 2. The van der Waals surface area contributed by atoms with Gasteiger partial charge < -0.3 is 19.4 Å². The zero-order valence-electron chi connectivity index (χ0n) is 21.7. The summed E-state index contributed by atoms with van der Waals surface area (Å²) >= 11 is 6.16. The SMILES string of the molecule is Cc1c(CCC(=O)N2CCC[C@@](COc3cccc(Cl)c3)(CC(=O)N3CCN(C)CC3)C2)cnn1C. The number of piperidine rings is 1. The van der Waals surface area contributed by atoms with Crippen LogP contribution >= 0.6 is 11.6 Å². The van der Waals surface area contributed by atoms with Gasteiger partial charge >= 0.3 is 0 Å². The van der Waals surface area contributed by atoms with Crippen LogP contribution in [0.4, 0.5) is 0 Å². The van der Waals surface area contributed by atoms with Crippen LogP contribution in [0, 0.1) is 12.3 Å². The Kier molecular flexibility index (Phi) is 8.57. The Balaban J connectivity index is 1.45. The van der Waals surface area contributed by atoms with E-state index in [-0.39, 0.29) is 11.8 Å². The predicted molar refractivity (Wildman–Crippen MR) is 140 cm³/mol. The predicted octanol–water partition coefficient (Wildman–Crippen LogP) is 3.17. The van der Waals surface area contributed by atoms with E-state index in [1.807, 2.05) is 52.8 Å². The van der Waals surface area contributed by atoms with E-state index in [2.05, 4.69) is 17.0 Å². The van der Waals surface area contributed by atoms with Crippen LogP contribution in [-0.4, -0.2) is 89.2 Å². The number of aromatic nitrogens is 2. The molecule has 0 saturated carbocycles. The van der Waals surface area contributed by atoms with E-state index in [0.717, 1.165) is 50.3 Å². The summed E-state index contributed by atoms with van der Waals surface area (Å²) in [4.78, 5) is 32.8. The maximum Gasteiger partial charge on any atom is 0.223 e. The normalized spacial score (nSPS) is 21.0. The second-order valence-electron chi connectivity index (χ2n) is 10.4. The van der Waals surface area contributed by atoms with Gasteiger partial charge in [-0.25, -0.2) is 0 Å². The van der Waals surface area contributed by atoms with Gasteiger partial charge in [0.1, 0.15) is 5.75 Å². The molecule has 36 heavy (non-hydrogen) atoms. The fourth-order valence-electron chi connectivity index (χ4n) is 5.20. The van der Waals surface area contributed by atoms with E-state index >= 15 is 0 Å². The molecule has 9 heteroatoms. The van der Waals surface area contributed by atoms with Crippen molar-refractivity contribution in [2.24, 2.45) is 12.5 Å². The van der Waals surface area contributed by atoms with Crippen molar-refractivity contribution in [2.45, 2.75) is 39.0 Å². The van der Waals surface area contributed by atoms with Crippen molar-refractivity contribution < 1.29 is 14.3 Å². The summed E-state index contributed by atoms with van der Waals surface area (Å²) < 4.78 is 8.03.